The third kappa shape index (κ3) is 3.57. The molecule has 2 nitrogen and oxygen atoms in total. The van der Waals surface area contributed by atoms with Gasteiger partial charge in [0.05, 0.1) is 0 Å². The van der Waals surface area contributed by atoms with Crippen molar-refractivity contribution in [3.8, 4) is 0 Å². The van der Waals surface area contributed by atoms with E-state index in [-0.39, 0.29) is 0 Å². The van der Waals surface area contributed by atoms with E-state index < -0.39 is 0 Å². The Labute approximate surface area is 126 Å². The Balaban J connectivity index is 2.02. The maximum absolute atomic E-state index is 3.65. The van der Waals surface area contributed by atoms with Crippen molar-refractivity contribution in [1.29, 1.82) is 0 Å². The molecule has 3 unspecified atom stereocenters. The lowest BCUT2D eigenvalue weighted by molar-refractivity contribution is 0.0531. The van der Waals surface area contributed by atoms with Crippen molar-refractivity contribution in [2.45, 2.75) is 78.3 Å². The van der Waals surface area contributed by atoms with Crippen molar-refractivity contribution in [3.63, 3.8) is 0 Å². The van der Waals surface area contributed by atoms with Crippen LogP contribution in [0.15, 0.2) is 0 Å². The topological polar surface area (TPSA) is 15.3 Å². The van der Waals surface area contributed by atoms with Gasteiger partial charge in [-0.25, -0.2) is 0 Å². The van der Waals surface area contributed by atoms with E-state index in [0.29, 0.717) is 11.5 Å². The summed E-state index contributed by atoms with van der Waals surface area (Å²) in [5, 5.41) is 3.65. The van der Waals surface area contributed by atoms with Crippen LogP contribution in [0.2, 0.25) is 0 Å². The molecule has 0 bridgehead atoms. The molecule has 2 rings (SSSR count). The van der Waals surface area contributed by atoms with E-state index in [1.165, 1.54) is 51.6 Å². The maximum atomic E-state index is 3.65. The summed E-state index contributed by atoms with van der Waals surface area (Å²) < 4.78 is 0. The molecule has 0 spiro atoms. The molecule has 0 aromatic carbocycles. The van der Waals surface area contributed by atoms with Crippen molar-refractivity contribution in [1.82, 2.24) is 10.2 Å². The second-order valence-electron chi connectivity index (χ2n) is 8.19. The van der Waals surface area contributed by atoms with Gasteiger partial charge in [-0.1, -0.05) is 34.1 Å². The lowest BCUT2D eigenvalue weighted by Gasteiger charge is -2.48. The van der Waals surface area contributed by atoms with E-state index >= 15 is 0 Å². The van der Waals surface area contributed by atoms with E-state index in [1.807, 2.05) is 0 Å². The van der Waals surface area contributed by atoms with Gasteiger partial charge in [0.2, 0.25) is 0 Å². The standard InChI is InChI=1S/C18H36N2/c1-14(2)15-8-7-12-20(13-10-15)16-9-6-11-18(3,4)17(16)19-5/h14-17,19H,6-13H2,1-5H3. The van der Waals surface area contributed by atoms with Crippen molar-refractivity contribution in [3.05, 3.63) is 0 Å². The highest BCUT2D eigenvalue weighted by Gasteiger charge is 2.40. The molecule has 20 heavy (non-hydrogen) atoms. The summed E-state index contributed by atoms with van der Waals surface area (Å²) in [6.07, 6.45) is 8.41. The summed E-state index contributed by atoms with van der Waals surface area (Å²) in [6, 6.07) is 1.42. The molecule has 3 atom stereocenters. The Kier molecular flexibility index (Phi) is 5.53. The third-order valence-electron chi connectivity index (χ3n) is 6.08. The van der Waals surface area contributed by atoms with E-state index in [2.05, 4.69) is 45.0 Å². The van der Waals surface area contributed by atoms with Crippen LogP contribution in [-0.2, 0) is 0 Å². The fourth-order valence-corrected chi connectivity index (χ4v) is 4.73. The summed E-state index contributed by atoms with van der Waals surface area (Å²) in [4.78, 5) is 2.82. The monoisotopic (exact) mass is 280 g/mol. The van der Waals surface area contributed by atoms with E-state index in [9.17, 15) is 0 Å². The number of hydrogen-bond acceptors (Lipinski definition) is 2. The highest BCUT2D eigenvalue weighted by Crippen LogP contribution is 2.38. The van der Waals surface area contributed by atoms with Crippen LogP contribution in [0.1, 0.15) is 66.2 Å². The molecular weight excluding hydrogens is 244 g/mol. The Bertz CT molecular complexity index is 298. The number of likely N-dealkylation sites (tertiary alicyclic amines) is 1. The normalized spacial score (nSPS) is 36.0. The first-order valence-electron chi connectivity index (χ1n) is 8.87. The second-order valence-corrected chi connectivity index (χ2v) is 8.19. The first-order valence-corrected chi connectivity index (χ1v) is 8.87. The zero-order valence-corrected chi connectivity index (χ0v) is 14.4. The molecule has 1 aliphatic carbocycles. The Morgan fingerprint density at radius 3 is 2.45 bits per heavy atom. The van der Waals surface area contributed by atoms with Gasteiger partial charge in [-0.2, -0.15) is 0 Å². The average molecular weight is 280 g/mol. The Hall–Kier alpha value is -0.0800. The zero-order valence-electron chi connectivity index (χ0n) is 14.4. The summed E-state index contributed by atoms with van der Waals surface area (Å²) in [5.41, 5.74) is 0.446. The van der Waals surface area contributed by atoms with Gasteiger partial charge >= 0.3 is 0 Å². The van der Waals surface area contributed by atoms with E-state index in [0.717, 1.165) is 17.9 Å². The fourth-order valence-electron chi connectivity index (χ4n) is 4.73. The van der Waals surface area contributed by atoms with Crippen LogP contribution in [0.5, 0.6) is 0 Å². The van der Waals surface area contributed by atoms with Gasteiger partial charge in [0, 0.05) is 12.1 Å². The molecule has 2 fully saturated rings. The van der Waals surface area contributed by atoms with Crippen LogP contribution in [0, 0.1) is 17.3 Å². The van der Waals surface area contributed by atoms with Crippen molar-refractivity contribution in [2.75, 3.05) is 20.1 Å². The summed E-state index contributed by atoms with van der Waals surface area (Å²) >= 11 is 0. The predicted octanol–water partition coefficient (Wildman–Crippen LogP) is 3.91. The van der Waals surface area contributed by atoms with Gasteiger partial charge in [-0.3, -0.25) is 4.90 Å². The minimum atomic E-state index is 0.446. The van der Waals surface area contributed by atoms with Crippen molar-refractivity contribution >= 4 is 0 Å². The summed E-state index contributed by atoms with van der Waals surface area (Å²) in [5.74, 6) is 1.81. The molecule has 1 saturated carbocycles. The minimum absolute atomic E-state index is 0.446. The van der Waals surface area contributed by atoms with Crippen LogP contribution >= 0.6 is 0 Å². The minimum Gasteiger partial charge on any atom is -0.315 e. The van der Waals surface area contributed by atoms with Gasteiger partial charge in [0.25, 0.3) is 0 Å². The first-order chi connectivity index (χ1) is 9.45. The van der Waals surface area contributed by atoms with Crippen LogP contribution in [-0.4, -0.2) is 37.1 Å². The highest BCUT2D eigenvalue weighted by atomic mass is 15.2. The van der Waals surface area contributed by atoms with Crippen LogP contribution < -0.4 is 5.32 Å². The number of rotatable bonds is 3. The van der Waals surface area contributed by atoms with E-state index in [1.54, 1.807) is 0 Å². The average Bonchev–Trinajstić information content (AvgIpc) is 2.63. The van der Waals surface area contributed by atoms with Crippen LogP contribution in [0.4, 0.5) is 0 Å². The Morgan fingerprint density at radius 1 is 1.05 bits per heavy atom. The second kappa shape index (κ2) is 6.79. The van der Waals surface area contributed by atoms with Crippen molar-refractivity contribution < 1.29 is 0 Å². The highest BCUT2D eigenvalue weighted by molar-refractivity contribution is 4.98. The molecule has 0 aromatic rings. The van der Waals surface area contributed by atoms with Gasteiger partial charge in [0.1, 0.15) is 0 Å². The van der Waals surface area contributed by atoms with Gasteiger partial charge in [-0.15, -0.1) is 0 Å². The SMILES string of the molecule is CNC1C(N2CCCC(C(C)C)CC2)CCCC1(C)C. The third-order valence-corrected chi connectivity index (χ3v) is 6.08. The molecule has 0 radical (unpaired) electrons. The first kappa shape index (κ1) is 16.3. The molecule has 1 saturated heterocycles. The van der Waals surface area contributed by atoms with Gasteiger partial charge in [0.15, 0.2) is 0 Å². The molecule has 1 heterocycles. The number of likely N-dealkylation sites (N-methyl/N-ethyl adjacent to an activating group) is 1. The van der Waals surface area contributed by atoms with E-state index in [4.69, 9.17) is 0 Å². The molecule has 0 aromatic heterocycles. The smallest absolute Gasteiger partial charge is 0.0271 e. The fraction of sp³-hybridized carbons (Fsp3) is 1.00. The van der Waals surface area contributed by atoms with Crippen LogP contribution in [0.25, 0.3) is 0 Å². The summed E-state index contributed by atoms with van der Waals surface area (Å²) in [7, 11) is 2.17. The molecule has 1 aliphatic heterocycles. The molecule has 1 N–H and O–H groups in total. The predicted molar refractivity (Wildman–Crippen MR) is 88.0 cm³/mol. The van der Waals surface area contributed by atoms with Gasteiger partial charge in [-0.05, 0) is 69.5 Å². The molecule has 118 valence electrons. The molecule has 2 aliphatic rings. The number of hydrogen-bond donors (Lipinski definition) is 1. The lowest BCUT2D eigenvalue weighted by atomic mass is 9.70. The quantitative estimate of drug-likeness (QED) is 0.843. The maximum Gasteiger partial charge on any atom is 0.0271 e. The largest absolute Gasteiger partial charge is 0.315 e. The molecule has 2 heteroatoms. The van der Waals surface area contributed by atoms with Crippen LogP contribution in [0.3, 0.4) is 0 Å². The number of nitrogens with zero attached hydrogens (tertiary/aromatic N) is 1. The molecule has 0 amide bonds. The number of nitrogens with one attached hydrogen (secondary N) is 1. The lowest BCUT2D eigenvalue weighted by Crippen LogP contribution is -2.58. The van der Waals surface area contributed by atoms with Gasteiger partial charge < -0.3 is 5.32 Å². The molecular formula is C18H36N2. The zero-order chi connectivity index (χ0) is 14.8. The van der Waals surface area contributed by atoms with Crippen molar-refractivity contribution in [2.24, 2.45) is 17.3 Å². The Morgan fingerprint density at radius 2 is 1.80 bits per heavy atom. The summed E-state index contributed by atoms with van der Waals surface area (Å²) in [6.45, 7) is 12.4.